The maximum atomic E-state index is 12.8. The average Bonchev–Trinajstić information content (AvgIpc) is 3.10. The molecule has 0 spiro atoms. The third kappa shape index (κ3) is 3.24. The molecule has 3 fully saturated rings. The van der Waals surface area contributed by atoms with Crippen LogP contribution in [0.4, 0.5) is 0 Å². The van der Waals surface area contributed by atoms with Gasteiger partial charge in [0.25, 0.3) is 0 Å². The van der Waals surface area contributed by atoms with Crippen LogP contribution in [0.25, 0.3) is 0 Å². The van der Waals surface area contributed by atoms with Crippen LogP contribution in [0.2, 0.25) is 0 Å². The number of hydrogen-bond acceptors (Lipinski definition) is 4. The zero-order chi connectivity index (χ0) is 15.2. The summed E-state index contributed by atoms with van der Waals surface area (Å²) in [6, 6.07) is -0.256. The molecule has 0 aliphatic carbocycles. The number of carbonyl (C=O) groups is 2. The van der Waals surface area contributed by atoms with Gasteiger partial charge in [0.1, 0.15) is 6.04 Å². The number of carbonyl (C=O) groups excluding carboxylic acids is 2. The van der Waals surface area contributed by atoms with Gasteiger partial charge in [-0.3, -0.25) is 9.59 Å². The summed E-state index contributed by atoms with van der Waals surface area (Å²) in [5.41, 5.74) is -0.422. The van der Waals surface area contributed by atoms with E-state index in [0.717, 1.165) is 31.9 Å². The minimum Gasteiger partial charge on any atom is -0.340 e. The first-order valence-corrected chi connectivity index (χ1v) is 8.91. The normalized spacial score (nSPS) is 31.1. The SMILES string of the molecule is CC(C)(C)C(=O)N1CSCC1C(=O)N1C[C@H]2CNC[C@H]2C1.Cl. The predicted octanol–water partition coefficient (Wildman–Crippen LogP) is 1.03. The highest BCUT2D eigenvalue weighted by Crippen LogP contribution is 2.31. The Balaban J connectivity index is 0.00000176. The van der Waals surface area contributed by atoms with Crippen molar-refractivity contribution in [3.8, 4) is 0 Å². The van der Waals surface area contributed by atoms with Crippen LogP contribution >= 0.6 is 24.2 Å². The van der Waals surface area contributed by atoms with Gasteiger partial charge in [-0.1, -0.05) is 20.8 Å². The molecule has 0 aromatic rings. The van der Waals surface area contributed by atoms with Gasteiger partial charge in [-0.2, -0.15) is 0 Å². The Morgan fingerprint density at radius 2 is 1.73 bits per heavy atom. The smallest absolute Gasteiger partial charge is 0.246 e. The number of nitrogens with zero attached hydrogens (tertiary/aromatic N) is 2. The molecular formula is C15H26ClN3O2S. The molecule has 5 nitrogen and oxygen atoms in total. The van der Waals surface area contributed by atoms with Crippen LogP contribution in [-0.2, 0) is 9.59 Å². The highest BCUT2D eigenvalue weighted by atomic mass is 35.5. The first-order valence-electron chi connectivity index (χ1n) is 7.76. The monoisotopic (exact) mass is 347 g/mol. The Bertz CT molecular complexity index is 443. The largest absolute Gasteiger partial charge is 0.340 e. The number of nitrogens with one attached hydrogen (secondary N) is 1. The summed E-state index contributed by atoms with van der Waals surface area (Å²) >= 11 is 1.69. The second kappa shape index (κ2) is 6.57. The van der Waals surface area contributed by atoms with Crippen LogP contribution in [0.3, 0.4) is 0 Å². The summed E-state index contributed by atoms with van der Waals surface area (Å²) in [7, 11) is 0. The summed E-state index contributed by atoms with van der Waals surface area (Å²) in [6.45, 7) is 9.53. The fraction of sp³-hybridized carbons (Fsp3) is 0.867. The van der Waals surface area contributed by atoms with Crippen molar-refractivity contribution in [2.24, 2.45) is 17.3 Å². The van der Waals surface area contributed by atoms with E-state index in [9.17, 15) is 9.59 Å². The first-order chi connectivity index (χ1) is 9.88. The highest BCUT2D eigenvalue weighted by molar-refractivity contribution is 7.99. The molecule has 0 bridgehead atoms. The van der Waals surface area contributed by atoms with E-state index in [-0.39, 0.29) is 30.3 Å². The van der Waals surface area contributed by atoms with Crippen molar-refractivity contribution in [3.05, 3.63) is 0 Å². The van der Waals surface area contributed by atoms with Crippen molar-refractivity contribution in [2.45, 2.75) is 26.8 Å². The van der Waals surface area contributed by atoms with Gasteiger partial charge in [0.2, 0.25) is 11.8 Å². The van der Waals surface area contributed by atoms with Gasteiger partial charge in [0, 0.05) is 37.3 Å². The maximum Gasteiger partial charge on any atom is 0.246 e. The van der Waals surface area contributed by atoms with Gasteiger partial charge >= 0.3 is 0 Å². The number of amides is 2. The van der Waals surface area contributed by atoms with Crippen molar-refractivity contribution in [2.75, 3.05) is 37.8 Å². The minimum atomic E-state index is -0.422. The van der Waals surface area contributed by atoms with Crippen molar-refractivity contribution in [1.82, 2.24) is 15.1 Å². The number of rotatable bonds is 1. The predicted molar refractivity (Wildman–Crippen MR) is 91.1 cm³/mol. The second-order valence-corrected chi connectivity index (χ2v) is 8.46. The van der Waals surface area contributed by atoms with Crippen LogP contribution in [0, 0.1) is 17.3 Å². The van der Waals surface area contributed by atoms with Gasteiger partial charge in [0.05, 0.1) is 5.88 Å². The van der Waals surface area contributed by atoms with Gasteiger partial charge in [-0.05, 0) is 11.8 Å². The van der Waals surface area contributed by atoms with E-state index in [1.165, 1.54) is 0 Å². The fourth-order valence-corrected chi connectivity index (χ4v) is 4.67. The molecule has 7 heteroatoms. The van der Waals surface area contributed by atoms with E-state index in [4.69, 9.17) is 0 Å². The van der Waals surface area contributed by atoms with Crippen molar-refractivity contribution < 1.29 is 9.59 Å². The van der Waals surface area contributed by atoms with Gasteiger partial charge in [-0.15, -0.1) is 24.2 Å². The van der Waals surface area contributed by atoms with E-state index in [1.54, 1.807) is 16.7 Å². The molecule has 1 unspecified atom stereocenters. The third-order valence-corrected chi connectivity index (χ3v) is 5.78. The number of likely N-dealkylation sites (tertiary alicyclic amines) is 1. The van der Waals surface area contributed by atoms with Crippen LogP contribution < -0.4 is 5.32 Å². The average molecular weight is 348 g/mol. The molecule has 3 heterocycles. The van der Waals surface area contributed by atoms with Gasteiger partial charge in [0.15, 0.2) is 0 Å². The standard InChI is InChI=1S/C15H25N3O2S.ClH/c1-15(2,3)14(20)18-9-21-8-12(18)13(19)17-6-10-4-16-5-11(10)7-17;/h10-12,16H,4-9H2,1-3H3;1H/t10-,11+,12?;. The Labute approximate surface area is 142 Å². The lowest BCUT2D eigenvalue weighted by Crippen LogP contribution is -2.51. The van der Waals surface area contributed by atoms with E-state index in [0.29, 0.717) is 17.7 Å². The summed E-state index contributed by atoms with van der Waals surface area (Å²) in [4.78, 5) is 29.1. The molecular weight excluding hydrogens is 322 g/mol. The van der Waals surface area contributed by atoms with Gasteiger partial charge < -0.3 is 15.1 Å². The Morgan fingerprint density at radius 1 is 1.14 bits per heavy atom. The molecule has 3 aliphatic rings. The number of halogens is 1. The van der Waals surface area contributed by atoms with Crippen molar-refractivity contribution in [1.29, 1.82) is 0 Å². The quantitative estimate of drug-likeness (QED) is 0.770. The van der Waals surface area contributed by atoms with E-state index in [1.807, 2.05) is 25.7 Å². The number of hydrogen-bond donors (Lipinski definition) is 1. The molecule has 126 valence electrons. The summed E-state index contributed by atoms with van der Waals surface area (Å²) in [5, 5.41) is 3.39. The molecule has 3 atom stereocenters. The molecule has 0 aromatic carbocycles. The Kier molecular flexibility index (Phi) is 5.34. The Morgan fingerprint density at radius 3 is 2.27 bits per heavy atom. The zero-order valence-corrected chi connectivity index (χ0v) is 15.1. The highest BCUT2D eigenvalue weighted by Gasteiger charge is 2.44. The lowest BCUT2D eigenvalue weighted by molar-refractivity contribution is -0.147. The molecule has 1 N–H and O–H groups in total. The molecule has 3 aliphatic heterocycles. The second-order valence-electron chi connectivity index (χ2n) is 7.46. The molecule has 0 aromatic heterocycles. The molecule has 3 rings (SSSR count). The van der Waals surface area contributed by atoms with Crippen molar-refractivity contribution >= 4 is 36.0 Å². The molecule has 2 amide bonds. The Hall–Kier alpha value is -0.460. The molecule has 22 heavy (non-hydrogen) atoms. The van der Waals surface area contributed by atoms with E-state index >= 15 is 0 Å². The third-order valence-electron chi connectivity index (χ3n) is 4.77. The fourth-order valence-electron chi connectivity index (χ4n) is 3.52. The topological polar surface area (TPSA) is 52.7 Å². The van der Waals surface area contributed by atoms with Crippen LogP contribution in [0.1, 0.15) is 20.8 Å². The summed E-state index contributed by atoms with van der Waals surface area (Å²) in [5.74, 6) is 2.85. The summed E-state index contributed by atoms with van der Waals surface area (Å²) < 4.78 is 0. The van der Waals surface area contributed by atoms with Gasteiger partial charge in [-0.25, -0.2) is 0 Å². The zero-order valence-electron chi connectivity index (χ0n) is 13.5. The summed E-state index contributed by atoms with van der Waals surface area (Å²) in [6.07, 6.45) is 0. The van der Waals surface area contributed by atoms with Crippen molar-refractivity contribution in [3.63, 3.8) is 0 Å². The maximum absolute atomic E-state index is 12.8. The van der Waals surface area contributed by atoms with Crippen LogP contribution in [0.15, 0.2) is 0 Å². The van der Waals surface area contributed by atoms with E-state index in [2.05, 4.69) is 5.32 Å². The molecule has 0 radical (unpaired) electrons. The number of fused-ring (bicyclic) bond motifs is 1. The lowest BCUT2D eigenvalue weighted by atomic mass is 9.94. The minimum absolute atomic E-state index is 0. The first kappa shape index (κ1) is 17.9. The van der Waals surface area contributed by atoms with Crippen LogP contribution in [-0.4, -0.2) is 65.5 Å². The molecule has 3 saturated heterocycles. The van der Waals surface area contributed by atoms with E-state index < -0.39 is 5.41 Å². The van der Waals surface area contributed by atoms with Crippen LogP contribution in [0.5, 0.6) is 0 Å². The lowest BCUT2D eigenvalue weighted by Gasteiger charge is -2.31. The number of thioether (sulfide) groups is 1. The molecule has 0 saturated carbocycles.